The molecule has 1 saturated carbocycles. The molecular formula is C14H25NO4. The maximum atomic E-state index is 12.3. The van der Waals surface area contributed by atoms with Crippen LogP contribution in [0.4, 0.5) is 0 Å². The fourth-order valence-electron chi connectivity index (χ4n) is 2.94. The number of carboxylic acids is 1. The van der Waals surface area contributed by atoms with Crippen molar-refractivity contribution in [1.82, 2.24) is 5.32 Å². The van der Waals surface area contributed by atoms with Crippen LogP contribution < -0.4 is 5.32 Å². The van der Waals surface area contributed by atoms with Crippen LogP contribution in [0.1, 0.15) is 46.0 Å². The first-order valence-electron chi connectivity index (χ1n) is 7.04. The maximum absolute atomic E-state index is 12.3. The first kappa shape index (κ1) is 16.0. The minimum atomic E-state index is -0.988. The van der Waals surface area contributed by atoms with Gasteiger partial charge in [0.1, 0.15) is 6.61 Å². The summed E-state index contributed by atoms with van der Waals surface area (Å²) in [5, 5.41) is 11.3. The van der Waals surface area contributed by atoms with E-state index in [1.54, 1.807) is 0 Å². The molecule has 1 aliphatic rings. The van der Waals surface area contributed by atoms with E-state index in [0.717, 1.165) is 32.1 Å². The van der Waals surface area contributed by atoms with E-state index >= 15 is 0 Å². The lowest BCUT2D eigenvalue weighted by molar-refractivity contribution is -0.142. The molecule has 0 radical (unpaired) electrons. The summed E-state index contributed by atoms with van der Waals surface area (Å²) < 4.78 is 4.91. The number of aliphatic carboxylic acids is 1. The lowest BCUT2D eigenvalue weighted by Crippen LogP contribution is -2.41. The summed E-state index contributed by atoms with van der Waals surface area (Å²) in [6, 6.07) is 0. The van der Waals surface area contributed by atoms with Gasteiger partial charge >= 0.3 is 5.97 Å². The van der Waals surface area contributed by atoms with Crippen molar-refractivity contribution in [3.63, 3.8) is 0 Å². The molecule has 0 bridgehead atoms. The minimum absolute atomic E-state index is 0.109. The Morgan fingerprint density at radius 1 is 1.32 bits per heavy atom. The molecule has 0 saturated heterocycles. The van der Waals surface area contributed by atoms with E-state index in [1.807, 2.05) is 0 Å². The van der Waals surface area contributed by atoms with E-state index in [4.69, 9.17) is 9.84 Å². The van der Waals surface area contributed by atoms with Crippen molar-refractivity contribution in [3.8, 4) is 0 Å². The molecule has 0 heterocycles. The van der Waals surface area contributed by atoms with Crippen molar-refractivity contribution >= 4 is 11.9 Å². The van der Waals surface area contributed by atoms with Crippen molar-refractivity contribution < 1.29 is 19.4 Å². The number of hydrogen-bond donors (Lipinski definition) is 2. The van der Waals surface area contributed by atoms with Gasteiger partial charge in [-0.3, -0.25) is 4.79 Å². The zero-order valence-electron chi connectivity index (χ0n) is 11.9. The van der Waals surface area contributed by atoms with Crippen LogP contribution in [0.15, 0.2) is 0 Å². The van der Waals surface area contributed by atoms with Crippen LogP contribution in [0.3, 0.4) is 0 Å². The Hall–Kier alpha value is -1.10. The smallest absolute Gasteiger partial charge is 0.329 e. The number of hydrogen-bond acceptors (Lipinski definition) is 3. The van der Waals surface area contributed by atoms with Gasteiger partial charge in [-0.15, -0.1) is 0 Å². The second kappa shape index (κ2) is 7.48. The quantitative estimate of drug-likeness (QED) is 0.660. The van der Waals surface area contributed by atoms with Crippen LogP contribution in [-0.4, -0.2) is 36.7 Å². The largest absolute Gasteiger partial charge is 0.480 e. The van der Waals surface area contributed by atoms with E-state index in [-0.39, 0.29) is 24.5 Å². The fourth-order valence-corrected chi connectivity index (χ4v) is 2.94. The van der Waals surface area contributed by atoms with E-state index < -0.39 is 5.97 Å². The van der Waals surface area contributed by atoms with Gasteiger partial charge in [0, 0.05) is 12.0 Å². The van der Waals surface area contributed by atoms with Gasteiger partial charge in [-0.1, -0.05) is 26.7 Å². The number of nitrogens with one attached hydrogen (secondary N) is 1. The number of ether oxygens (including phenoxy) is 1. The summed E-state index contributed by atoms with van der Waals surface area (Å²) in [6.45, 7) is 4.60. The normalized spacial score (nSPS) is 17.6. The highest BCUT2D eigenvalue weighted by atomic mass is 16.5. The number of rotatable bonds is 8. The van der Waals surface area contributed by atoms with Crippen LogP contribution in [0.25, 0.3) is 0 Å². The van der Waals surface area contributed by atoms with Gasteiger partial charge < -0.3 is 15.2 Å². The molecule has 2 N–H and O–H groups in total. The topological polar surface area (TPSA) is 75.6 Å². The molecule has 19 heavy (non-hydrogen) atoms. The van der Waals surface area contributed by atoms with E-state index in [2.05, 4.69) is 19.2 Å². The molecule has 5 heteroatoms. The SMILES string of the molecule is CC(C)CC1(C(=O)NCCOCC(=O)O)CCCC1. The molecular weight excluding hydrogens is 246 g/mol. The third-order valence-electron chi connectivity index (χ3n) is 3.60. The second-order valence-electron chi connectivity index (χ2n) is 5.79. The molecule has 0 spiro atoms. The zero-order valence-corrected chi connectivity index (χ0v) is 11.9. The second-order valence-corrected chi connectivity index (χ2v) is 5.79. The number of carbonyl (C=O) groups is 2. The molecule has 1 fully saturated rings. The van der Waals surface area contributed by atoms with Crippen LogP contribution >= 0.6 is 0 Å². The molecule has 1 aliphatic carbocycles. The Balaban J connectivity index is 2.34. The van der Waals surface area contributed by atoms with Crippen LogP contribution in [0.5, 0.6) is 0 Å². The van der Waals surface area contributed by atoms with Gasteiger partial charge in [-0.25, -0.2) is 4.79 Å². The Morgan fingerprint density at radius 3 is 2.47 bits per heavy atom. The molecule has 1 rings (SSSR count). The summed E-state index contributed by atoms with van der Waals surface area (Å²) in [6.07, 6.45) is 5.10. The van der Waals surface area contributed by atoms with Gasteiger partial charge in [-0.05, 0) is 25.2 Å². The van der Waals surface area contributed by atoms with Crippen LogP contribution in [-0.2, 0) is 14.3 Å². The molecule has 0 aromatic carbocycles. The number of carboxylic acid groups (broad SMARTS) is 1. The van der Waals surface area contributed by atoms with E-state index in [9.17, 15) is 9.59 Å². The lowest BCUT2D eigenvalue weighted by atomic mass is 9.77. The lowest BCUT2D eigenvalue weighted by Gasteiger charge is -2.29. The zero-order chi connectivity index (χ0) is 14.3. The summed E-state index contributed by atoms with van der Waals surface area (Å²) in [7, 11) is 0. The van der Waals surface area contributed by atoms with Crippen molar-refractivity contribution in [1.29, 1.82) is 0 Å². The average Bonchev–Trinajstić information content (AvgIpc) is 2.76. The highest BCUT2D eigenvalue weighted by Crippen LogP contribution is 2.43. The van der Waals surface area contributed by atoms with Crippen LogP contribution in [0, 0.1) is 11.3 Å². The van der Waals surface area contributed by atoms with E-state index in [1.165, 1.54) is 0 Å². The highest BCUT2D eigenvalue weighted by molar-refractivity contribution is 5.82. The maximum Gasteiger partial charge on any atom is 0.329 e. The van der Waals surface area contributed by atoms with Gasteiger partial charge in [-0.2, -0.15) is 0 Å². The number of carbonyl (C=O) groups excluding carboxylic acids is 1. The van der Waals surface area contributed by atoms with Gasteiger partial charge in [0.2, 0.25) is 5.91 Å². The van der Waals surface area contributed by atoms with E-state index in [0.29, 0.717) is 12.5 Å². The van der Waals surface area contributed by atoms with Gasteiger partial charge in [0.25, 0.3) is 0 Å². The summed E-state index contributed by atoms with van der Waals surface area (Å²) in [5.41, 5.74) is -0.207. The molecule has 0 unspecified atom stereocenters. The molecule has 5 nitrogen and oxygen atoms in total. The Kier molecular flexibility index (Phi) is 6.28. The molecule has 0 aromatic heterocycles. The molecule has 110 valence electrons. The number of amides is 1. The first-order valence-corrected chi connectivity index (χ1v) is 7.04. The van der Waals surface area contributed by atoms with Crippen molar-refractivity contribution in [3.05, 3.63) is 0 Å². The molecule has 0 atom stereocenters. The predicted octanol–water partition coefficient (Wildman–Crippen LogP) is 1.81. The monoisotopic (exact) mass is 271 g/mol. The summed E-state index contributed by atoms with van der Waals surface area (Å²) in [5.74, 6) is -0.372. The highest BCUT2D eigenvalue weighted by Gasteiger charge is 2.40. The van der Waals surface area contributed by atoms with Crippen molar-refractivity contribution in [2.24, 2.45) is 11.3 Å². The Bertz CT molecular complexity index is 309. The average molecular weight is 271 g/mol. The third kappa shape index (κ3) is 5.19. The molecule has 0 aliphatic heterocycles. The summed E-state index contributed by atoms with van der Waals surface area (Å²) >= 11 is 0. The molecule has 0 aromatic rings. The van der Waals surface area contributed by atoms with Gasteiger partial charge in [0.05, 0.1) is 6.61 Å². The third-order valence-corrected chi connectivity index (χ3v) is 3.60. The minimum Gasteiger partial charge on any atom is -0.480 e. The standard InChI is InChI=1S/C14H25NO4/c1-11(2)9-14(5-3-4-6-14)13(18)15-7-8-19-10-12(16)17/h11H,3-10H2,1-2H3,(H,15,18)(H,16,17). The van der Waals surface area contributed by atoms with Crippen LogP contribution in [0.2, 0.25) is 0 Å². The molecule has 1 amide bonds. The van der Waals surface area contributed by atoms with Gasteiger partial charge in [0.15, 0.2) is 0 Å². The Labute approximate surface area is 114 Å². The first-order chi connectivity index (χ1) is 8.96. The van der Waals surface area contributed by atoms with Crippen molar-refractivity contribution in [2.45, 2.75) is 46.0 Å². The van der Waals surface area contributed by atoms with Crippen molar-refractivity contribution in [2.75, 3.05) is 19.8 Å². The Morgan fingerprint density at radius 2 is 1.95 bits per heavy atom. The summed E-state index contributed by atoms with van der Waals surface area (Å²) in [4.78, 5) is 22.6. The fraction of sp³-hybridized carbons (Fsp3) is 0.857. The predicted molar refractivity (Wildman–Crippen MR) is 71.8 cm³/mol.